The molecule has 12 aliphatic rings. The molecular formula is C47H34Cl8N2O12. The molecule has 0 spiro atoms. The molecule has 4 amide bonds. The van der Waals surface area contributed by atoms with Crippen molar-refractivity contribution in [1.29, 1.82) is 0 Å². The van der Waals surface area contributed by atoms with E-state index in [0.29, 0.717) is 11.1 Å². The van der Waals surface area contributed by atoms with E-state index in [4.69, 9.17) is 112 Å². The summed E-state index contributed by atoms with van der Waals surface area (Å²) in [5, 5.41) is -0.294. The van der Waals surface area contributed by atoms with Crippen molar-refractivity contribution in [1.82, 2.24) is 0 Å². The van der Waals surface area contributed by atoms with Gasteiger partial charge in [-0.25, -0.2) is 9.80 Å². The Bertz CT molecular complexity index is 2640. The summed E-state index contributed by atoms with van der Waals surface area (Å²) in [7, 11) is 2.81. The van der Waals surface area contributed by atoms with Crippen molar-refractivity contribution in [3.8, 4) is 11.5 Å². The lowest BCUT2D eigenvalue weighted by Crippen LogP contribution is -2.69. The first-order chi connectivity index (χ1) is 32.6. The van der Waals surface area contributed by atoms with E-state index in [-0.39, 0.29) is 75.1 Å². The Morgan fingerprint density at radius 3 is 0.986 bits per heavy atom. The molecule has 14 rings (SSSR count). The van der Waals surface area contributed by atoms with Crippen molar-refractivity contribution in [2.75, 3.05) is 24.0 Å². The quantitative estimate of drug-likeness (QED) is 0.120. The number of hydrogen-bond donors (Lipinski definition) is 0. The Kier molecular flexibility index (Phi) is 10.1. The minimum absolute atomic E-state index is 0.0408. The van der Waals surface area contributed by atoms with Gasteiger partial charge in [-0.1, -0.05) is 58.5 Å². The molecule has 69 heavy (non-hydrogen) atoms. The average molecular weight is 1100 g/mol. The predicted octanol–water partition coefficient (Wildman–Crippen LogP) is 7.53. The highest BCUT2D eigenvalue weighted by Crippen LogP contribution is 2.75. The normalized spacial score (nSPS) is 42.4. The first kappa shape index (κ1) is 46.5. The summed E-state index contributed by atoms with van der Waals surface area (Å²) in [6, 6.07) is 10.1. The fourth-order valence-corrected chi connectivity index (χ4v) is 18.5. The number of amides is 4. The maximum atomic E-state index is 14.3. The van der Waals surface area contributed by atoms with Gasteiger partial charge in [0.15, 0.2) is 0 Å². The van der Waals surface area contributed by atoms with Crippen molar-refractivity contribution in [2.24, 2.45) is 71.0 Å². The van der Waals surface area contributed by atoms with E-state index in [9.17, 15) is 38.4 Å². The highest BCUT2D eigenvalue weighted by Gasteiger charge is 2.81. The number of anilines is 2. The van der Waals surface area contributed by atoms with Crippen molar-refractivity contribution in [3.63, 3.8) is 0 Å². The third kappa shape index (κ3) is 5.46. The van der Waals surface area contributed by atoms with Gasteiger partial charge in [0.2, 0.25) is 23.6 Å². The maximum absolute atomic E-state index is 14.3. The molecule has 0 radical (unpaired) electrons. The van der Waals surface area contributed by atoms with Gasteiger partial charge in [0.05, 0.1) is 113 Å². The van der Waals surface area contributed by atoms with Crippen LogP contribution in [0.2, 0.25) is 0 Å². The number of cyclic esters (lactones) is 4. The standard InChI is InChI=1S/C47H34Cl8N2O12/c1-66-26-8-14(3-5-24(26)56-36(58)16-10-20-21(11-17(16)37(56)59)45(53)29-28(40(62)68-41(29)63)44(20,52)32(48)33(45)49)7-15-4-6-25(27(9-15)67-2)57-38(60)18-12-22-23(13-19(18)39(57)61)47(55)31-30(42(64)69-43(31)65)46(22,54)34(50)35(47)51/h3-6,8-9,16-23,28-31H,7,10-13H2,1-2H3. The van der Waals surface area contributed by atoms with Gasteiger partial charge in [-0.05, 0) is 91.2 Å². The van der Waals surface area contributed by atoms with Crippen LogP contribution in [0.3, 0.4) is 0 Å². The van der Waals surface area contributed by atoms with Gasteiger partial charge in [-0.15, -0.1) is 46.4 Å². The molecule has 2 aromatic rings. The fraction of sp³-hybridized carbons (Fsp3) is 0.489. The van der Waals surface area contributed by atoms with E-state index in [1.165, 1.54) is 14.2 Å². The Hall–Kier alpha value is -3.60. The number of alkyl halides is 4. The Labute approximate surface area is 432 Å². The predicted molar refractivity (Wildman–Crippen MR) is 248 cm³/mol. The van der Waals surface area contributed by atoms with Gasteiger partial charge < -0.3 is 18.9 Å². The highest BCUT2D eigenvalue weighted by atomic mass is 35.5. The lowest BCUT2D eigenvalue weighted by molar-refractivity contribution is -0.155. The first-order valence-electron chi connectivity index (χ1n) is 22.1. The number of ether oxygens (including phenoxy) is 4. The zero-order chi connectivity index (χ0) is 49.1. The van der Waals surface area contributed by atoms with Crippen LogP contribution in [0, 0.1) is 71.0 Å². The van der Waals surface area contributed by atoms with Crippen LogP contribution in [0.25, 0.3) is 0 Å². The van der Waals surface area contributed by atoms with Crippen molar-refractivity contribution in [3.05, 3.63) is 67.7 Å². The lowest BCUT2D eigenvalue weighted by atomic mass is 9.47. The number of hydrogen-bond acceptors (Lipinski definition) is 12. The van der Waals surface area contributed by atoms with E-state index in [1.807, 2.05) is 0 Å². The van der Waals surface area contributed by atoms with Crippen LogP contribution >= 0.6 is 92.8 Å². The van der Waals surface area contributed by atoms with E-state index < -0.39 is 138 Å². The molecule has 0 N–H and O–H groups in total. The molecule has 4 bridgehead atoms. The second-order valence-corrected chi connectivity index (χ2v) is 23.7. The number of allylic oxidation sites excluding steroid dienone is 4. The van der Waals surface area contributed by atoms with E-state index >= 15 is 0 Å². The fourth-order valence-electron chi connectivity index (χ4n) is 14.4. The molecule has 2 aromatic carbocycles. The number of imide groups is 2. The summed E-state index contributed by atoms with van der Waals surface area (Å²) in [5.74, 6) is -16.2. The summed E-state index contributed by atoms with van der Waals surface area (Å²) in [5.41, 5.74) is 1.81. The maximum Gasteiger partial charge on any atom is 0.319 e. The van der Waals surface area contributed by atoms with Crippen LogP contribution in [0.15, 0.2) is 56.5 Å². The first-order valence-corrected chi connectivity index (χ1v) is 25.1. The third-order valence-electron chi connectivity index (χ3n) is 17.3. The van der Waals surface area contributed by atoms with Gasteiger partial charge in [0.1, 0.15) is 11.5 Å². The molecule has 22 heteroatoms. The van der Waals surface area contributed by atoms with Crippen molar-refractivity contribution < 1.29 is 57.3 Å². The number of nitrogens with zero attached hydrogens (tertiary/aromatic N) is 2. The summed E-state index contributed by atoms with van der Waals surface area (Å²) in [6.07, 6.45) is 0.442. The van der Waals surface area contributed by atoms with Gasteiger partial charge >= 0.3 is 23.9 Å². The Balaban J connectivity index is 0.792. The minimum Gasteiger partial charge on any atom is -0.495 e. The molecule has 4 aliphatic heterocycles. The Morgan fingerprint density at radius 2 is 0.739 bits per heavy atom. The number of methoxy groups -OCH3 is 2. The summed E-state index contributed by atoms with van der Waals surface area (Å²) in [4.78, 5) is 105. The summed E-state index contributed by atoms with van der Waals surface area (Å²) in [6.45, 7) is 0. The van der Waals surface area contributed by atoms with Crippen LogP contribution in [0.1, 0.15) is 36.8 Å². The molecule has 16 atom stereocenters. The topological polar surface area (TPSA) is 180 Å². The molecule has 8 fully saturated rings. The van der Waals surface area contributed by atoms with E-state index in [0.717, 1.165) is 9.80 Å². The van der Waals surface area contributed by atoms with Gasteiger partial charge in [-0.3, -0.25) is 38.4 Å². The lowest BCUT2D eigenvalue weighted by Gasteiger charge is -2.62. The van der Waals surface area contributed by atoms with Gasteiger partial charge in [-0.2, -0.15) is 0 Å². The number of carbonyl (C=O) groups excluding carboxylic acids is 8. The van der Waals surface area contributed by atoms with Crippen LogP contribution < -0.4 is 19.3 Å². The zero-order valence-corrected chi connectivity index (χ0v) is 41.8. The largest absolute Gasteiger partial charge is 0.495 e. The summed E-state index contributed by atoms with van der Waals surface area (Å²) >= 11 is 56.1. The second-order valence-electron chi connectivity index (χ2n) is 19.7. The number of fused-ring (bicyclic) bond motifs is 2. The van der Waals surface area contributed by atoms with Crippen LogP contribution in [0.4, 0.5) is 11.4 Å². The molecule has 16 unspecified atom stereocenters. The highest BCUT2D eigenvalue weighted by molar-refractivity contribution is 6.52. The second kappa shape index (κ2) is 15.0. The number of benzene rings is 2. The van der Waals surface area contributed by atoms with Crippen molar-refractivity contribution >= 4 is 152 Å². The Morgan fingerprint density at radius 1 is 0.478 bits per heavy atom. The molecule has 4 saturated carbocycles. The molecular weight excluding hydrogens is 1070 g/mol. The smallest absolute Gasteiger partial charge is 0.319 e. The zero-order valence-electron chi connectivity index (χ0n) is 35.7. The monoisotopic (exact) mass is 1100 g/mol. The summed E-state index contributed by atoms with van der Waals surface area (Å²) < 4.78 is 21.5. The third-order valence-corrected chi connectivity index (χ3v) is 22.7. The number of rotatable bonds is 6. The van der Waals surface area contributed by atoms with Crippen LogP contribution in [0.5, 0.6) is 11.5 Å². The molecule has 360 valence electrons. The van der Waals surface area contributed by atoms with Crippen LogP contribution in [-0.4, -0.2) is 81.2 Å². The minimum atomic E-state index is -1.68. The molecule has 8 aliphatic carbocycles. The van der Waals surface area contributed by atoms with Gasteiger partial charge in [0, 0.05) is 0 Å². The molecule has 0 aromatic heterocycles. The van der Waals surface area contributed by atoms with Crippen LogP contribution in [-0.2, 0) is 54.3 Å². The van der Waals surface area contributed by atoms with Crippen molar-refractivity contribution in [2.45, 2.75) is 51.6 Å². The van der Waals surface area contributed by atoms with E-state index in [1.54, 1.807) is 36.4 Å². The number of halogens is 8. The van der Waals surface area contributed by atoms with Gasteiger partial charge in [0.25, 0.3) is 0 Å². The molecule has 4 saturated heterocycles. The van der Waals surface area contributed by atoms with E-state index in [2.05, 4.69) is 0 Å². The molecule has 4 heterocycles. The SMILES string of the molecule is COc1cc(Cc2ccc(N3C(=O)C4CC5C(CC4C3=O)C3(Cl)C(Cl)=C(Cl)C5(Cl)C4C(=O)OC(=O)C43)c(OC)c2)ccc1N1C(=O)C2CC3C(CC2C1=O)C1(Cl)C(Cl)=C(Cl)C3(Cl)C2C(=O)OC(=O)C21. The number of esters is 4. The molecule has 14 nitrogen and oxygen atoms in total. The number of carbonyl (C=O) groups is 8. The average Bonchev–Trinajstić information content (AvgIpc) is 3.99.